The quantitative estimate of drug-likeness (QED) is 0.497. The number of carbonyl (C=O) groups is 1. The Morgan fingerprint density at radius 1 is 1.53 bits per heavy atom. The molecule has 1 aromatic heterocycles. The number of hydrogen-bond donors (Lipinski definition) is 2. The fourth-order valence-corrected chi connectivity index (χ4v) is 1.53. The number of amides is 1. The van der Waals surface area contributed by atoms with Gasteiger partial charge in [0.2, 0.25) is 0 Å². The Hall–Kier alpha value is -1.92. The maximum Gasteiger partial charge on any atom is 0.276 e. The summed E-state index contributed by atoms with van der Waals surface area (Å²) in [6, 6.07) is 0. The van der Waals surface area contributed by atoms with Crippen molar-refractivity contribution < 1.29 is 10.0 Å². The first kappa shape index (κ1) is 9.63. The minimum atomic E-state index is -0.138. The number of carbonyl (C=O) groups excluding carboxylic acids is 1. The molecule has 1 aliphatic heterocycles. The zero-order valence-electron chi connectivity index (χ0n) is 8.05. The lowest BCUT2D eigenvalue weighted by Gasteiger charge is -2.26. The normalized spacial score (nSPS) is 16.5. The van der Waals surface area contributed by atoms with Crippen molar-refractivity contribution in [2.45, 2.75) is 12.8 Å². The predicted molar refractivity (Wildman–Crippen MR) is 50.7 cm³/mol. The van der Waals surface area contributed by atoms with Gasteiger partial charge in [-0.3, -0.25) is 4.79 Å². The molecule has 0 bridgehead atoms. The van der Waals surface area contributed by atoms with Gasteiger partial charge in [0.15, 0.2) is 5.69 Å². The van der Waals surface area contributed by atoms with Crippen molar-refractivity contribution in [3.8, 4) is 0 Å². The van der Waals surface area contributed by atoms with E-state index in [0.717, 1.165) is 5.71 Å². The monoisotopic (exact) mass is 209 g/mol. The molecule has 0 saturated carbocycles. The highest BCUT2D eigenvalue weighted by molar-refractivity contribution is 5.94. The molecule has 7 nitrogen and oxygen atoms in total. The van der Waals surface area contributed by atoms with E-state index in [0.29, 0.717) is 31.6 Å². The van der Waals surface area contributed by atoms with Gasteiger partial charge in [-0.25, -0.2) is 0 Å². The maximum absolute atomic E-state index is 11.8. The van der Waals surface area contributed by atoms with Crippen LogP contribution in [-0.4, -0.2) is 50.2 Å². The minimum absolute atomic E-state index is 0.138. The number of rotatable bonds is 1. The van der Waals surface area contributed by atoms with Crippen LogP contribution in [0.25, 0.3) is 0 Å². The lowest BCUT2D eigenvalue weighted by molar-refractivity contribution is 0.0748. The molecule has 2 N–H and O–H groups in total. The largest absolute Gasteiger partial charge is 0.411 e. The smallest absolute Gasteiger partial charge is 0.276 e. The molecular weight excluding hydrogens is 198 g/mol. The second kappa shape index (κ2) is 4.07. The van der Waals surface area contributed by atoms with Crippen molar-refractivity contribution in [2.75, 3.05) is 13.1 Å². The average molecular weight is 209 g/mol. The number of H-pyrrole nitrogens is 1. The van der Waals surface area contributed by atoms with E-state index in [9.17, 15) is 4.79 Å². The van der Waals surface area contributed by atoms with Crippen LogP contribution < -0.4 is 0 Å². The van der Waals surface area contributed by atoms with Gasteiger partial charge in [-0.2, -0.15) is 15.4 Å². The maximum atomic E-state index is 11.8. The molecule has 2 rings (SSSR count). The second-order valence-corrected chi connectivity index (χ2v) is 3.31. The first-order valence-corrected chi connectivity index (χ1v) is 4.66. The SMILES string of the molecule is O=C(c1cn[nH]n1)N1CCC(=NO)CC1. The molecule has 0 radical (unpaired) electrons. The molecule has 0 aliphatic carbocycles. The summed E-state index contributed by atoms with van der Waals surface area (Å²) >= 11 is 0. The van der Waals surface area contributed by atoms with Crippen LogP contribution in [0.15, 0.2) is 11.4 Å². The lowest BCUT2D eigenvalue weighted by Crippen LogP contribution is -2.38. The number of nitrogens with one attached hydrogen (secondary N) is 1. The van der Waals surface area contributed by atoms with Gasteiger partial charge in [0.1, 0.15) is 0 Å². The number of aromatic nitrogens is 3. The molecule has 15 heavy (non-hydrogen) atoms. The van der Waals surface area contributed by atoms with Crippen LogP contribution in [0.5, 0.6) is 0 Å². The number of nitrogens with zero attached hydrogens (tertiary/aromatic N) is 4. The number of likely N-dealkylation sites (tertiary alicyclic amines) is 1. The first-order valence-electron chi connectivity index (χ1n) is 4.66. The molecule has 0 spiro atoms. The standard InChI is InChI=1S/C8H11N5O2/c14-8(7-5-9-12-10-7)13-3-1-6(11-15)2-4-13/h5,15H,1-4H2,(H,9,10,12). The van der Waals surface area contributed by atoms with Gasteiger partial charge in [0.25, 0.3) is 5.91 Å². The van der Waals surface area contributed by atoms with Gasteiger partial charge in [0.05, 0.1) is 11.9 Å². The Kier molecular flexibility index (Phi) is 2.61. The third-order valence-corrected chi connectivity index (χ3v) is 2.40. The van der Waals surface area contributed by atoms with Crippen LogP contribution in [0.1, 0.15) is 23.3 Å². The van der Waals surface area contributed by atoms with Crippen molar-refractivity contribution in [2.24, 2.45) is 5.16 Å². The highest BCUT2D eigenvalue weighted by Gasteiger charge is 2.22. The Balaban J connectivity index is 1.99. The number of oxime groups is 1. The molecule has 7 heteroatoms. The summed E-state index contributed by atoms with van der Waals surface area (Å²) in [4.78, 5) is 13.4. The van der Waals surface area contributed by atoms with Gasteiger partial charge >= 0.3 is 0 Å². The molecule has 1 aliphatic rings. The Labute approximate surface area is 85.8 Å². The fourth-order valence-electron chi connectivity index (χ4n) is 1.53. The lowest BCUT2D eigenvalue weighted by atomic mass is 10.1. The van der Waals surface area contributed by atoms with E-state index in [1.165, 1.54) is 6.20 Å². The van der Waals surface area contributed by atoms with E-state index in [-0.39, 0.29) is 5.91 Å². The summed E-state index contributed by atoms with van der Waals surface area (Å²) in [7, 11) is 0. The van der Waals surface area contributed by atoms with Crippen LogP contribution in [0.3, 0.4) is 0 Å². The third-order valence-electron chi connectivity index (χ3n) is 2.40. The van der Waals surface area contributed by atoms with Gasteiger partial charge < -0.3 is 10.1 Å². The average Bonchev–Trinajstić information content (AvgIpc) is 2.82. The fraction of sp³-hybridized carbons (Fsp3) is 0.500. The van der Waals surface area contributed by atoms with E-state index >= 15 is 0 Å². The summed E-state index contributed by atoms with van der Waals surface area (Å²) in [6.07, 6.45) is 2.62. The Morgan fingerprint density at radius 3 is 2.80 bits per heavy atom. The molecule has 1 amide bonds. The van der Waals surface area contributed by atoms with Gasteiger partial charge in [-0.1, -0.05) is 5.16 Å². The molecular formula is C8H11N5O2. The van der Waals surface area contributed by atoms with E-state index in [1.807, 2.05) is 0 Å². The molecule has 0 aromatic carbocycles. The Bertz CT molecular complexity index is 362. The summed E-state index contributed by atoms with van der Waals surface area (Å²) in [6.45, 7) is 1.12. The molecule has 2 heterocycles. The minimum Gasteiger partial charge on any atom is -0.411 e. The van der Waals surface area contributed by atoms with Crippen LogP contribution in [-0.2, 0) is 0 Å². The van der Waals surface area contributed by atoms with Gasteiger partial charge in [-0.15, -0.1) is 0 Å². The molecule has 1 aromatic rings. The summed E-state index contributed by atoms with van der Waals surface area (Å²) in [5, 5.41) is 21.4. The van der Waals surface area contributed by atoms with Crippen molar-refractivity contribution in [1.29, 1.82) is 0 Å². The van der Waals surface area contributed by atoms with Crippen molar-refractivity contribution in [3.63, 3.8) is 0 Å². The van der Waals surface area contributed by atoms with Crippen molar-refractivity contribution in [3.05, 3.63) is 11.9 Å². The zero-order chi connectivity index (χ0) is 10.7. The zero-order valence-corrected chi connectivity index (χ0v) is 8.05. The van der Waals surface area contributed by atoms with Crippen LogP contribution in [0.4, 0.5) is 0 Å². The van der Waals surface area contributed by atoms with Crippen LogP contribution in [0.2, 0.25) is 0 Å². The van der Waals surface area contributed by atoms with E-state index in [2.05, 4.69) is 20.6 Å². The molecule has 1 fully saturated rings. The number of piperidine rings is 1. The predicted octanol–water partition coefficient (Wildman–Crippen LogP) is -0.129. The second-order valence-electron chi connectivity index (χ2n) is 3.31. The summed E-state index contributed by atoms with van der Waals surface area (Å²) < 4.78 is 0. The third kappa shape index (κ3) is 1.95. The first-order chi connectivity index (χ1) is 7.31. The van der Waals surface area contributed by atoms with Gasteiger partial charge in [-0.05, 0) is 0 Å². The van der Waals surface area contributed by atoms with Crippen molar-refractivity contribution >= 4 is 11.6 Å². The van der Waals surface area contributed by atoms with Crippen LogP contribution in [0, 0.1) is 0 Å². The van der Waals surface area contributed by atoms with E-state index in [4.69, 9.17) is 5.21 Å². The highest BCUT2D eigenvalue weighted by atomic mass is 16.4. The van der Waals surface area contributed by atoms with E-state index in [1.54, 1.807) is 4.90 Å². The molecule has 0 unspecified atom stereocenters. The highest BCUT2D eigenvalue weighted by Crippen LogP contribution is 2.09. The van der Waals surface area contributed by atoms with E-state index < -0.39 is 0 Å². The topological polar surface area (TPSA) is 94.5 Å². The van der Waals surface area contributed by atoms with Gasteiger partial charge in [0, 0.05) is 25.9 Å². The van der Waals surface area contributed by atoms with Crippen LogP contribution >= 0.6 is 0 Å². The molecule has 1 saturated heterocycles. The molecule has 0 atom stereocenters. The number of aromatic amines is 1. The van der Waals surface area contributed by atoms with Crippen molar-refractivity contribution in [1.82, 2.24) is 20.3 Å². The Morgan fingerprint density at radius 2 is 2.27 bits per heavy atom. The molecule has 80 valence electrons. The summed E-state index contributed by atoms with van der Waals surface area (Å²) in [5.74, 6) is -0.138. The number of hydrogen-bond acceptors (Lipinski definition) is 5. The summed E-state index contributed by atoms with van der Waals surface area (Å²) in [5.41, 5.74) is 1.05.